The van der Waals surface area contributed by atoms with Crippen LogP contribution in [0.4, 0.5) is 8.78 Å². The number of imidazole rings is 1. The van der Waals surface area contributed by atoms with Crippen molar-refractivity contribution >= 4 is 28.6 Å². The molecule has 0 bridgehead atoms. The number of carbonyl (C=O) groups excluding carboxylic acids is 1. The van der Waals surface area contributed by atoms with Crippen molar-refractivity contribution in [2.75, 3.05) is 0 Å². The smallest absolute Gasteiger partial charge is 0.279 e. The van der Waals surface area contributed by atoms with Crippen molar-refractivity contribution in [3.63, 3.8) is 0 Å². The van der Waals surface area contributed by atoms with Gasteiger partial charge in [0.05, 0.1) is 18.4 Å². The number of carbonyl (C=O) groups is 1. The molecular formula is C18H14F2N6O2. The van der Waals surface area contributed by atoms with E-state index in [0.29, 0.717) is 23.5 Å². The van der Waals surface area contributed by atoms with Crippen molar-refractivity contribution in [3.05, 3.63) is 64.5 Å². The Hall–Kier alpha value is -3.69. The molecule has 0 saturated heterocycles. The largest absolute Gasteiger partial charge is 0.315 e. The van der Waals surface area contributed by atoms with Crippen LogP contribution in [0.1, 0.15) is 12.0 Å². The first kappa shape index (κ1) is 17.7. The summed E-state index contributed by atoms with van der Waals surface area (Å²) >= 11 is 0. The lowest BCUT2D eigenvalue weighted by molar-refractivity contribution is -0.120. The maximum Gasteiger partial charge on any atom is 0.279 e. The first-order valence-electron chi connectivity index (χ1n) is 8.32. The SMILES string of the molecule is Cn1cnc2ncn(CC(=O)NC3=NC(c4ccc(F)c(F)c4)=CC3)c2c1=O. The number of fused-ring (bicyclic) bond motifs is 1. The summed E-state index contributed by atoms with van der Waals surface area (Å²) < 4.78 is 29.2. The molecule has 0 fully saturated rings. The summed E-state index contributed by atoms with van der Waals surface area (Å²) in [7, 11) is 1.56. The number of nitrogens with zero attached hydrogens (tertiary/aromatic N) is 5. The lowest BCUT2D eigenvalue weighted by atomic mass is 10.1. The quantitative estimate of drug-likeness (QED) is 0.738. The predicted octanol–water partition coefficient (Wildman–Crippen LogP) is 1.37. The number of hydrogen-bond donors (Lipinski definition) is 1. The van der Waals surface area contributed by atoms with Gasteiger partial charge in [0.1, 0.15) is 12.4 Å². The van der Waals surface area contributed by atoms with E-state index < -0.39 is 17.5 Å². The second kappa shape index (κ2) is 6.80. The summed E-state index contributed by atoms with van der Waals surface area (Å²) in [6.07, 6.45) is 4.78. The first-order valence-corrected chi connectivity index (χ1v) is 8.32. The molecule has 3 heterocycles. The zero-order valence-corrected chi connectivity index (χ0v) is 14.7. The van der Waals surface area contributed by atoms with E-state index in [1.54, 1.807) is 13.1 Å². The summed E-state index contributed by atoms with van der Waals surface area (Å²) in [5, 5.41) is 2.65. The summed E-state index contributed by atoms with van der Waals surface area (Å²) in [5.74, 6) is -1.93. The lowest BCUT2D eigenvalue weighted by Gasteiger charge is -2.06. The van der Waals surface area contributed by atoms with E-state index in [4.69, 9.17) is 0 Å². The Bertz CT molecular complexity index is 1220. The molecule has 1 amide bonds. The molecule has 1 aliphatic rings. The Balaban J connectivity index is 1.49. The molecule has 0 spiro atoms. The van der Waals surface area contributed by atoms with Crippen LogP contribution in [-0.2, 0) is 18.4 Å². The number of amidine groups is 1. The average molecular weight is 384 g/mol. The van der Waals surface area contributed by atoms with Crippen molar-refractivity contribution in [2.45, 2.75) is 13.0 Å². The fourth-order valence-electron chi connectivity index (χ4n) is 2.87. The van der Waals surface area contributed by atoms with Crippen LogP contribution in [-0.4, -0.2) is 30.8 Å². The van der Waals surface area contributed by atoms with Gasteiger partial charge in [0.2, 0.25) is 5.91 Å². The summed E-state index contributed by atoms with van der Waals surface area (Å²) in [5.41, 5.74) is 1.04. The molecular weight excluding hydrogens is 370 g/mol. The molecule has 3 aromatic rings. The van der Waals surface area contributed by atoms with Gasteiger partial charge < -0.3 is 14.5 Å². The number of aliphatic imine (C=N–C) groups is 1. The van der Waals surface area contributed by atoms with Crippen molar-refractivity contribution in [1.29, 1.82) is 0 Å². The number of nitrogens with one attached hydrogen (secondary N) is 1. The number of aryl methyl sites for hydroxylation is 1. The van der Waals surface area contributed by atoms with Crippen molar-refractivity contribution < 1.29 is 13.6 Å². The van der Waals surface area contributed by atoms with Crippen molar-refractivity contribution in [2.24, 2.45) is 12.0 Å². The topological polar surface area (TPSA) is 94.2 Å². The number of hydrogen-bond acceptors (Lipinski definition) is 5. The Morgan fingerprint density at radius 3 is 2.79 bits per heavy atom. The van der Waals surface area contributed by atoms with E-state index in [1.807, 2.05) is 0 Å². The Labute approximate surface area is 156 Å². The maximum absolute atomic E-state index is 13.4. The third-order valence-corrected chi connectivity index (χ3v) is 4.25. The van der Waals surface area contributed by atoms with E-state index in [0.717, 1.165) is 12.1 Å². The van der Waals surface area contributed by atoms with Gasteiger partial charge in [-0.05, 0) is 18.2 Å². The molecule has 0 aliphatic carbocycles. The fourth-order valence-corrected chi connectivity index (χ4v) is 2.87. The van der Waals surface area contributed by atoms with Crippen LogP contribution in [0.2, 0.25) is 0 Å². The van der Waals surface area contributed by atoms with E-state index in [1.165, 1.54) is 27.9 Å². The molecule has 4 rings (SSSR count). The zero-order valence-electron chi connectivity index (χ0n) is 14.7. The molecule has 0 atom stereocenters. The highest BCUT2D eigenvalue weighted by Gasteiger charge is 2.16. The van der Waals surface area contributed by atoms with E-state index >= 15 is 0 Å². The van der Waals surface area contributed by atoms with Gasteiger partial charge in [-0.1, -0.05) is 6.08 Å². The second-order valence-corrected chi connectivity index (χ2v) is 6.23. The molecule has 10 heteroatoms. The zero-order chi connectivity index (χ0) is 19.8. The summed E-state index contributed by atoms with van der Waals surface area (Å²) in [6.45, 7) is -0.142. The van der Waals surface area contributed by atoms with Crippen molar-refractivity contribution in [3.8, 4) is 0 Å². The Kier molecular flexibility index (Phi) is 4.30. The highest BCUT2D eigenvalue weighted by atomic mass is 19.2. The van der Waals surface area contributed by atoms with Gasteiger partial charge in [-0.15, -0.1) is 0 Å². The minimum absolute atomic E-state index is 0.142. The molecule has 2 aromatic heterocycles. The number of rotatable bonds is 3. The van der Waals surface area contributed by atoms with Crippen LogP contribution in [0.5, 0.6) is 0 Å². The van der Waals surface area contributed by atoms with Gasteiger partial charge >= 0.3 is 0 Å². The second-order valence-electron chi connectivity index (χ2n) is 6.23. The molecule has 8 nitrogen and oxygen atoms in total. The van der Waals surface area contributed by atoms with Gasteiger partial charge in [0.15, 0.2) is 22.8 Å². The highest BCUT2D eigenvalue weighted by molar-refractivity contribution is 6.03. The fraction of sp³-hybridized carbons (Fsp3) is 0.167. The Morgan fingerprint density at radius 2 is 2.00 bits per heavy atom. The molecule has 1 N–H and O–H groups in total. The maximum atomic E-state index is 13.4. The average Bonchev–Trinajstić information content (AvgIpc) is 3.28. The normalized spacial score (nSPS) is 13.5. The van der Waals surface area contributed by atoms with E-state index in [9.17, 15) is 18.4 Å². The minimum atomic E-state index is -0.965. The predicted molar refractivity (Wildman–Crippen MR) is 97.3 cm³/mol. The molecule has 0 saturated carbocycles. The number of benzene rings is 1. The van der Waals surface area contributed by atoms with Crippen LogP contribution in [0.25, 0.3) is 16.9 Å². The number of amides is 1. The van der Waals surface area contributed by atoms with Gasteiger partial charge in [-0.2, -0.15) is 0 Å². The molecule has 1 aliphatic heterocycles. The van der Waals surface area contributed by atoms with Crippen molar-refractivity contribution in [1.82, 2.24) is 24.4 Å². The molecule has 28 heavy (non-hydrogen) atoms. The van der Waals surface area contributed by atoms with Gasteiger partial charge in [-0.25, -0.2) is 23.7 Å². The highest BCUT2D eigenvalue weighted by Crippen LogP contribution is 2.23. The Morgan fingerprint density at radius 1 is 1.21 bits per heavy atom. The van der Waals surface area contributed by atoms with Crippen LogP contribution >= 0.6 is 0 Å². The van der Waals surface area contributed by atoms with Crippen LogP contribution in [0, 0.1) is 11.6 Å². The van der Waals surface area contributed by atoms with Gasteiger partial charge in [0, 0.05) is 19.0 Å². The third-order valence-electron chi connectivity index (χ3n) is 4.25. The summed E-state index contributed by atoms with van der Waals surface area (Å²) in [6, 6.07) is 3.49. The van der Waals surface area contributed by atoms with E-state index in [-0.39, 0.29) is 23.3 Å². The van der Waals surface area contributed by atoms with E-state index in [2.05, 4.69) is 20.3 Å². The van der Waals surface area contributed by atoms with Crippen LogP contribution in [0.15, 0.2) is 46.7 Å². The van der Waals surface area contributed by atoms with Gasteiger partial charge in [0.25, 0.3) is 5.56 Å². The molecule has 0 unspecified atom stereocenters. The standard InChI is InChI=1S/C18H14F2N6O2/c1-25-8-21-17-16(18(25)28)26(9-22-17)7-15(27)24-14-5-4-13(23-14)10-2-3-11(19)12(20)6-10/h2-4,6,8-9H,5,7H2,1H3,(H,23,24,27). The van der Waals surface area contributed by atoms with Gasteiger partial charge in [-0.3, -0.25) is 9.59 Å². The molecule has 1 aromatic carbocycles. The number of halogens is 2. The monoisotopic (exact) mass is 384 g/mol. The third kappa shape index (κ3) is 3.20. The number of aromatic nitrogens is 4. The molecule has 0 radical (unpaired) electrons. The lowest BCUT2D eigenvalue weighted by Crippen LogP contribution is -2.33. The van der Waals surface area contributed by atoms with Crippen LogP contribution in [0.3, 0.4) is 0 Å². The molecule has 142 valence electrons. The summed E-state index contributed by atoms with van der Waals surface area (Å²) in [4.78, 5) is 36.9. The minimum Gasteiger partial charge on any atom is -0.315 e. The van der Waals surface area contributed by atoms with Crippen LogP contribution < -0.4 is 10.9 Å². The first-order chi connectivity index (χ1) is 13.4.